The average molecular weight is 328 g/mol. The number of carboxylic acids is 1. The standard InChI is InChI=1S/C14H24N4O5/c1-4-9(22-5-2)12-11(17-7(3)19)8(18-14(15)16)6-10(23-12)13(20)21/h6,8-9,11-12H,4-5H2,1-3H3,(H,17,19)(H,20,21)(H4,15,16,18)/t8-,9+,11+,12-/m0/s1. The van der Waals surface area contributed by atoms with Crippen LogP contribution in [0.15, 0.2) is 16.8 Å². The Bertz CT molecular complexity index is 501. The summed E-state index contributed by atoms with van der Waals surface area (Å²) in [6.07, 6.45) is 0.693. The van der Waals surface area contributed by atoms with Gasteiger partial charge in [0.25, 0.3) is 0 Å². The van der Waals surface area contributed by atoms with Gasteiger partial charge in [0.2, 0.25) is 11.7 Å². The van der Waals surface area contributed by atoms with Crippen LogP contribution < -0.4 is 16.8 Å². The molecule has 1 rings (SSSR count). The van der Waals surface area contributed by atoms with Crippen molar-refractivity contribution in [3.05, 3.63) is 11.8 Å². The van der Waals surface area contributed by atoms with E-state index in [-0.39, 0.29) is 17.6 Å². The van der Waals surface area contributed by atoms with Gasteiger partial charge in [-0.3, -0.25) is 4.79 Å². The van der Waals surface area contributed by atoms with Crippen LogP contribution >= 0.6 is 0 Å². The number of hydrogen-bond donors (Lipinski definition) is 4. The lowest BCUT2D eigenvalue weighted by Crippen LogP contribution is -2.57. The highest BCUT2D eigenvalue weighted by Crippen LogP contribution is 2.26. The van der Waals surface area contributed by atoms with E-state index in [1.54, 1.807) is 0 Å². The van der Waals surface area contributed by atoms with Crippen molar-refractivity contribution in [2.24, 2.45) is 16.5 Å². The highest BCUT2D eigenvalue weighted by molar-refractivity contribution is 5.85. The number of carboxylic acid groups (broad SMARTS) is 1. The first-order valence-electron chi connectivity index (χ1n) is 7.39. The van der Waals surface area contributed by atoms with Gasteiger partial charge in [-0.05, 0) is 19.4 Å². The third-order valence-electron chi connectivity index (χ3n) is 3.34. The highest BCUT2D eigenvalue weighted by Gasteiger charge is 2.41. The number of rotatable bonds is 7. The number of nitrogens with one attached hydrogen (secondary N) is 1. The number of hydrogen-bond acceptors (Lipinski definition) is 5. The molecule has 0 saturated carbocycles. The number of ether oxygens (including phenoxy) is 2. The lowest BCUT2D eigenvalue weighted by molar-refractivity contribution is -0.143. The summed E-state index contributed by atoms with van der Waals surface area (Å²) in [5, 5.41) is 11.9. The van der Waals surface area contributed by atoms with E-state index in [1.165, 1.54) is 13.0 Å². The number of carbonyl (C=O) groups is 2. The summed E-state index contributed by atoms with van der Waals surface area (Å²) in [6.45, 7) is 5.47. The predicted molar refractivity (Wildman–Crippen MR) is 83.5 cm³/mol. The van der Waals surface area contributed by atoms with E-state index in [2.05, 4.69) is 10.3 Å². The van der Waals surface area contributed by atoms with Crippen molar-refractivity contribution in [1.82, 2.24) is 5.32 Å². The van der Waals surface area contributed by atoms with Crippen LogP contribution in [0.5, 0.6) is 0 Å². The molecule has 0 fully saturated rings. The molecular weight excluding hydrogens is 304 g/mol. The number of aliphatic imine (C=N–C) groups is 1. The molecule has 0 aromatic carbocycles. The maximum absolute atomic E-state index is 11.5. The first kappa shape index (κ1) is 18.8. The van der Waals surface area contributed by atoms with Crippen molar-refractivity contribution in [1.29, 1.82) is 0 Å². The topological polar surface area (TPSA) is 149 Å². The molecule has 6 N–H and O–H groups in total. The number of aliphatic carboxylic acids is 1. The summed E-state index contributed by atoms with van der Waals surface area (Å²) in [6, 6.07) is -1.41. The molecule has 1 amide bonds. The summed E-state index contributed by atoms with van der Waals surface area (Å²) < 4.78 is 11.2. The number of nitrogens with two attached hydrogens (primary N) is 2. The van der Waals surface area contributed by atoms with Crippen LogP contribution in [0.4, 0.5) is 0 Å². The van der Waals surface area contributed by atoms with Gasteiger partial charge < -0.3 is 31.4 Å². The summed E-state index contributed by atoms with van der Waals surface area (Å²) in [7, 11) is 0. The van der Waals surface area contributed by atoms with Crippen LogP contribution in [-0.4, -0.2) is 53.8 Å². The third-order valence-corrected chi connectivity index (χ3v) is 3.34. The monoisotopic (exact) mass is 328 g/mol. The molecular formula is C14H24N4O5. The van der Waals surface area contributed by atoms with Crippen molar-refractivity contribution in [3.8, 4) is 0 Å². The van der Waals surface area contributed by atoms with Gasteiger partial charge in [-0.2, -0.15) is 0 Å². The minimum absolute atomic E-state index is 0.212. The summed E-state index contributed by atoms with van der Waals surface area (Å²) in [5.74, 6) is -2.03. The van der Waals surface area contributed by atoms with Crippen molar-refractivity contribution in [3.63, 3.8) is 0 Å². The van der Waals surface area contributed by atoms with E-state index in [9.17, 15) is 14.7 Å². The van der Waals surface area contributed by atoms with Crippen molar-refractivity contribution >= 4 is 17.8 Å². The molecule has 130 valence electrons. The predicted octanol–water partition coefficient (Wildman–Crippen LogP) is -0.684. The normalized spacial score (nSPS) is 24.8. The Labute approximate surface area is 134 Å². The van der Waals surface area contributed by atoms with Gasteiger partial charge in [0, 0.05) is 13.5 Å². The fourth-order valence-corrected chi connectivity index (χ4v) is 2.49. The van der Waals surface area contributed by atoms with Crippen molar-refractivity contribution in [2.45, 2.75) is 51.5 Å². The Hall–Kier alpha value is -2.29. The molecule has 0 saturated heterocycles. The van der Waals surface area contributed by atoms with Gasteiger partial charge in [-0.15, -0.1) is 0 Å². The molecule has 0 radical (unpaired) electrons. The molecule has 1 aliphatic heterocycles. The zero-order valence-electron chi connectivity index (χ0n) is 13.5. The molecule has 23 heavy (non-hydrogen) atoms. The Morgan fingerprint density at radius 1 is 1.48 bits per heavy atom. The van der Waals surface area contributed by atoms with Crippen LogP contribution in [0.3, 0.4) is 0 Å². The zero-order chi connectivity index (χ0) is 17.6. The Balaban J connectivity index is 3.27. The van der Waals surface area contributed by atoms with Gasteiger partial charge in [-0.25, -0.2) is 9.79 Å². The largest absolute Gasteiger partial charge is 0.478 e. The maximum Gasteiger partial charge on any atom is 0.370 e. The van der Waals surface area contributed by atoms with E-state index >= 15 is 0 Å². The van der Waals surface area contributed by atoms with Gasteiger partial charge in [-0.1, -0.05) is 6.92 Å². The molecule has 0 bridgehead atoms. The summed E-state index contributed by atoms with van der Waals surface area (Å²) in [4.78, 5) is 26.8. The van der Waals surface area contributed by atoms with Crippen LogP contribution in [0.2, 0.25) is 0 Å². The first-order chi connectivity index (χ1) is 10.8. The van der Waals surface area contributed by atoms with Crippen molar-refractivity contribution < 1.29 is 24.2 Å². The average Bonchev–Trinajstić information content (AvgIpc) is 2.45. The maximum atomic E-state index is 11.5. The van der Waals surface area contributed by atoms with Gasteiger partial charge in [0.1, 0.15) is 6.10 Å². The number of amides is 1. The fourth-order valence-electron chi connectivity index (χ4n) is 2.49. The first-order valence-corrected chi connectivity index (χ1v) is 7.39. The SMILES string of the molecule is CCO[C@H](CC)[C@@H]1OC(C(=O)O)=C[C@H](N=C(N)N)[C@H]1NC(C)=O. The van der Waals surface area contributed by atoms with Gasteiger partial charge in [0.15, 0.2) is 5.96 Å². The molecule has 9 heteroatoms. The molecule has 4 atom stereocenters. The lowest BCUT2D eigenvalue weighted by atomic mass is 9.93. The number of nitrogens with zero attached hydrogens (tertiary/aromatic N) is 1. The Morgan fingerprint density at radius 3 is 2.57 bits per heavy atom. The van der Waals surface area contributed by atoms with Crippen LogP contribution in [0.1, 0.15) is 27.2 Å². The second-order valence-electron chi connectivity index (χ2n) is 5.09. The van der Waals surface area contributed by atoms with Crippen LogP contribution in [0.25, 0.3) is 0 Å². The third kappa shape index (κ3) is 5.13. The molecule has 0 unspecified atom stereocenters. The smallest absolute Gasteiger partial charge is 0.370 e. The number of guanidine groups is 1. The highest BCUT2D eigenvalue weighted by atomic mass is 16.6. The van der Waals surface area contributed by atoms with E-state index in [4.69, 9.17) is 20.9 Å². The van der Waals surface area contributed by atoms with Crippen molar-refractivity contribution in [2.75, 3.05) is 6.61 Å². The minimum atomic E-state index is -1.24. The second kappa shape index (κ2) is 8.37. The van der Waals surface area contributed by atoms with Gasteiger partial charge in [0.05, 0.1) is 18.2 Å². The Morgan fingerprint density at radius 2 is 2.13 bits per heavy atom. The summed E-state index contributed by atoms with van der Waals surface area (Å²) in [5.41, 5.74) is 10.8. The van der Waals surface area contributed by atoms with Gasteiger partial charge >= 0.3 is 5.97 Å². The quantitative estimate of drug-likeness (QED) is 0.357. The summed E-state index contributed by atoms with van der Waals surface area (Å²) >= 11 is 0. The van der Waals surface area contributed by atoms with Crippen LogP contribution in [0, 0.1) is 0 Å². The second-order valence-corrected chi connectivity index (χ2v) is 5.09. The molecule has 0 aliphatic carbocycles. The molecule has 1 aliphatic rings. The molecule has 0 aromatic rings. The fraction of sp³-hybridized carbons (Fsp3) is 0.643. The van der Waals surface area contributed by atoms with E-state index in [1.807, 2.05) is 13.8 Å². The van der Waals surface area contributed by atoms with E-state index in [0.717, 1.165) is 0 Å². The lowest BCUT2D eigenvalue weighted by Gasteiger charge is -2.38. The molecule has 1 heterocycles. The zero-order valence-corrected chi connectivity index (χ0v) is 13.5. The van der Waals surface area contributed by atoms with Crippen LogP contribution in [-0.2, 0) is 19.1 Å². The number of carbonyl (C=O) groups excluding carboxylic acids is 1. The minimum Gasteiger partial charge on any atom is -0.478 e. The van der Waals surface area contributed by atoms with E-state index in [0.29, 0.717) is 13.0 Å². The molecule has 0 spiro atoms. The molecule has 9 nitrogen and oxygen atoms in total. The molecule has 0 aromatic heterocycles. The van der Waals surface area contributed by atoms with E-state index < -0.39 is 30.3 Å². The Kier molecular flexibility index (Phi) is 6.83.